The van der Waals surface area contributed by atoms with Crippen molar-refractivity contribution in [3.05, 3.63) is 64.7 Å². The van der Waals surface area contributed by atoms with Crippen LogP contribution < -0.4 is 9.82 Å². The van der Waals surface area contributed by atoms with Crippen LogP contribution in [-0.2, 0) is 17.6 Å². The number of ether oxygens (including phenoxy) is 1. The Labute approximate surface area is 138 Å². The first-order valence-electron chi connectivity index (χ1n) is 7.39. The minimum Gasteiger partial charge on any atom is -0.497 e. The van der Waals surface area contributed by atoms with Gasteiger partial charge in [-0.1, -0.05) is 31.2 Å². The molecular weight excluding hydrogens is 309 g/mol. The van der Waals surface area contributed by atoms with Gasteiger partial charge in [0.05, 0.1) is 13.5 Å². The van der Waals surface area contributed by atoms with Gasteiger partial charge in [-0.25, -0.2) is 0 Å². The van der Waals surface area contributed by atoms with Gasteiger partial charge in [-0.2, -0.15) is 0 Å². The molecule has 1 unspecified atom stereocenters. The highest BCUT2D eigenvalue weighted by molar-refractivity contribution is 7.15. The summed E-state index contributed by atoms with van der Waals surface area (Å²) in [5, 5.41) is 2.50. The Balaban J connectivity index is 2.25. The summed E-state index contributed by atoms with van der Waals surface area (Å²) in [6.45, 7) is 2.01. The van der Waals surface area contributed by atoms with E-state index in [9.17, 15) is 9.59 Å². The van der Waals surface area contributed by atoms with Crippen LogP contribution in [0.1, 0.15) is 34.0 Å². The molecule has 0 fully saturated rings. The van der Waals surface area contributed by atoms with E-state index in [1.165, 1.54) is 0 Å². The lowest BCUT2D eigenvalue weighted by molar-refractivity contribution is -0.118. The molecule has 2 rings (SSSR count). The Kier molecular flexibility index (Phi) is 5.89. The molecule has 2 aromatic rings. The Morgan fingerprint density at radius 1 is 1.13 bits per heavy atom. The minimum atomic E-state index is -0.0856. The van der Waals surface area contributed by atoms with Crippen LogP contribution in [0.5, 0.6) is 5.75 Å². The van der Waals surface area contributed by atoms with Crippen LogP contribution in [0, 0.1) is 0 Å². The molecule has 23 heavy (non-hydrogen) atoms. The van der Waals surface area contributed by atoms with E-state index in [4.69, 9.17) is 4.74 Å². The van der Waals surface area contributed by atoms with Crippen molar-refractivity contribution >= 4 is 21.1 Å². The number of carbonyl (C=O) groups excluding carboxylic acids is 2. The second kappa shape index (κ2) is 7.89. The molecule has 0 bridgehead atoms. The molecule has 0 spiro atoms. The van der Waals surface area contributed by atoms with Crippen molar-refractivity contribution in [1.29, 1.82) is 0 Å². The van der Waals surface area contributed by atoms with Crippen molar-refractivity contribution in [3.8, 4) is 5.75 Å². The van der Waals surface area contributed by atoms with Crippen molar-refractivity contribution < 1.29 is 14.3 Å². The third kappa shape index (κ3) is 4.17. The zero-order chi connectivity index (χ0) is 16.8. The maximum Gasteiger partial charge on any atom is 0.227 e. The van der Waals surface area contributed by atoms with Gasteiger partial charge in [-0.15, -0.1) is 0 Å². The van der Waals surface area contributed by atoms with E-state index in [-0.39, 0.29) is 11.7 Å². The molecule has 0 radical (unpaired) electrons. The van der Waals surface area contributed by atoms with E-state index in [2.05, 4.69) is 14.5 Å². The highest BCUT2D eigenvalue weighted by Gasteiger charge is 2.14. The SMILES string of the molecule is CCc1cc(OC)ccc1C(=O)c1ccc(CC(=O)NP)cc1. The summed E-state index contributed by atoms with van der Waals surface area (Å²) in [7, 11) is 3.79. The fourth-order valence-corrected chi connectivity index (χ4v) is 2.48. The molecule has 0 aliphatic heterocycles. The normalized spacial score (nSPS) is 10.2. The van der Waals surface area contributed by atoms with Gasteiger partial charge in [0.1, 0.15) is 5.75 Å². The van der Waals surface area contributed by atoms with Crippen LogP contribution in [0.4, 0.5) is 0 Å². The maximum atomic E-state index is 12.7. The molecule has 0 saturated carbocycles. The fourth-order valence-electron chi connectivity index (χ4n) is 2.38. The lowest BCUT2D eigenvalue weighted by Gasteiger charge is -2.10. The lowest BCUT2D eigenvalue weighted by Crippen LogP contribution is -2.14. The number of ketones is 1. The highest BCUT2D eigenvalue weighted by Crippen LogP contribution is 2.21. The Bertz CT molecular complexity index is 711. The lowest BCUT2D eigenvalue weighted by atomic mass is 9.96. The van der Waals surface area contributed by atoms with Crippen molar-refractivity contribution in [2.75, 3.05) is 7.11 Å². The number of rotatable bonds is 6. The molecule has 1 atom stereocenters. The summed E-state index contributed by atoms with van der Waals surface area (Å²) in [6, 6.07) is 12.6. The minimum absolute atomic E-state index is 0.0217. The molecule has 4 nitrogen and oxygen atoms in total. The number of carbonyl (C=O) groups is 2. The quantitative estimate of drug-likeness (QED) is 0.655. The van der Waals surface area contributed by atoms with E-state index in [0.29, 0.717) is 17.5 Å². The van der Waals surface area contributed by atoms with Crippen molar-refractivity contribution in [3.63, 3.8) is 0 Å². The summed E-state index contributed by atoms with van der Waals surface area (Å²) in [6.07, 6.45) is 1.05. The van der Waals surface area contributed by atoms with E-state index < -0.39 is 0 Å². The topological polar surface area (TPSA) is 55.4 Å². The van der Waals surface area contributed by atoms with Crippen molar-refractivity contribution in [2.24, 2.45) is 0 Å². The second-order valence-corrected chi connectivity index (χ2v) is 5.44. The Morgan fingerprint density at radius 2 is 1.83 bits per heavy atom. The Morgan fingerprint density at radius 3 is 2.39 bits per heavy atom. The molecule has 1 amide bonds. The first-order chi connectivity index (χ1) is 11.1. The Hall–Kier alpha value is -2.19. The summed E-state index contributed by atoms with van der Waals surface area (Å²) < 4.78 is 5.21. The van der Waals surface area contributed by atoms with Gasteiger partial charge < -0.3 is 9.82 Å². The molecule has 0 saturated heterocycles. The molecule has 120 valence electrons. The fraction of sp³-hybridized carbons (Fsp3) is 0.222. The van der Waals surface area contributed by atoms with Gasteiger partial charge in [0.15, 0.2) is 5.78 Å². The zero-order valence-corrected chi connectivity index (χ0v) is 14.4. The van der Waals surface area contributed by atoms with Crippen molar-refractivity contribution in [1.82, 2.24) is 5.09 Å². The standard InChI is InChI=1S/C18H20NO3P/c1-3-13-11-15(22-2)8-9-16(13)18(21)14-6-4-12(5-7-14)10-17(20)19-23/h4-9,11H,3,10,23H2,1-2H3,(H,19,20). The third-order valence-corrected chi connectivity index (χ3v) is 4.00. The van der Waals surface area contributed by atoms with Gasteiger partial charge in [0.2, 0.25) is 5.91 Å². The number of benzene rings is 2. The zero-order valence-electron chi connectivity index (χ0n) is 13.3. The molecule has 0 aliphatic carbocycles. The highest BCUT2D eigenvalue weighted by atomic mass is 31.0. The first kappa shape index (κ1) is 17.2. The van der Waals surface area contributed by atoms with E-state index in [1.54, 1.807) is 31.4 Å². The van der Waals surface area contributed by atoms with Crippen LogP contribution in [0.3, 0.4) is 0 Å². The number of methoxy groups -OCH3 is 1. The summed E-state index contributed by atoms with van der Waals surface area (Å²) in [4.78, 5) is 24.0. The summed E-state index contributed by atoms with van der Waals surface area (Å²) in [5.74, 6) is 0.640. The van der Waals surface area contributed by atoms with Gasteiger partial charge in [-0.05, 0) is 45.1 Å². The number of amides is 1. The summed E-state index contributed by atoms with van der Waals surface area (Å²) >= 11 is 0. The van der Waals surface area contributed by atoms with E-state index in [1.807, 2.05) is 25.1 Å². The molecule has 0 aliphatic rings. The molecule has 0 aromatic heterocycles. The molecule has 2 aromatic carbocycles. The smallest absolute Gasteiger partial charge is 0.227 e. The van der Waals surface area contributed by atoms with Gasteiger partial charge >= 0.3 is 0 Å². The van der Waals surface area contributed by atoms with Gasteiger partial charge in [0, 0.05) is 11.1 Å². The van der Waals surface area contributed by atoms with Crippen LogP contribution in [0.15, 0.2) is 42.5 Å². The number of hydrogen-bond donors (Lipinski definition) is 1. The number of aryl methyl sites for hydroxylation is 1. The second-order valence-electron chi connectivity index (χ2n) is 5.15. The average Bonchev–Trinajstić information content (AvgIpc) is 2.61. The van der Waals surface area contributed by atoms with Gasteiger partial charge in [0.25, 0.3) is 0 Å². The summed E-state index contributed by atoms with van der Waals surface area (Å²) in [5.41, 5.74) is 3.12. The number of hydrogen-bond acceptors (Lipinski definition) is 3. The van der Waals surface area contributed by atoms with E-state index >= 15 is 0 Å². The predicted octanol–water partition coefficient (Wildman–Crippen LogP) is 2.94. The van der Waals surface area contributed by atoms with E-state index in [0.717, 1.165) is 23.3 Å². The number of nitrogens with one attached hydrogen (secondary N) is 1. The maximum absolute atomic E-state index is 12.7. The predicted molar refractivity (Wildman–Crippen MR) is 93.8 cm³/mol. The van der Waals surface area contributed by atoms with Crippen LogP contribution in [0.2, 0.25) is 0 Å². The average molecular weight is 329 g/mol. The third-order valence-electron chi connectivity index (χ3n) is 3.68. The monoisotopic (exact) mass is 329 g/mol. The van der Waals surface area contributed by atoms with Crippen LogP contribution >= 0.6 is 9.39 Å². The molecule has 1 N–H and O–H groups in total. The van der Waals surface area contributed by atoms with Crippen LogP contribution in [-0.4, -0.2) is 18.8 Å². The van der Waals surface area contributed by atoms with Crippen LogP contribution in [0.25, 0.3) is 0 Å². The first-order valence-corrected chi connectivity index (χ1v) is 7.96. The molecule has 5 heteroatoms. The molecule has 0 heterocycles. The molecular formula is C18H20NO3P. The van der Waals surface area contributed by atoms with Gasteiger partial charge in [-0.3, -0.25) is 9.59 Å². The van der Waals surface area contributed by atoms with Crippen molar-refractivity contribution in [2.45, 2.75) is 19.8 Å². The largest absolute Gasteiger partial charge is 0.497 e.